The molecule has 0 unspecified atom stereocenters. The van der Waals surface area contributed by atoms with Gasteiger partial charge in [0.1, 0.15) is 22.2 Å². The number of ether oxygens (including phenoxy) is 1. The number of hydrogen-bond acceptors (Lipinski definition) is 4. The van der Waals surface area contributed by atoms with Crippen LogP contribution in [0.5, 0.6) is 11.5 Å². The summed E-state index contributed by atoms with van der Waals surface area (Å²) >= 11 is 0. The number of benzene rings is 3. The van der Waals surface area contributed by atoms with Crippen LogP contribution < -0.4 is 14.8 Å². The van der Waals surface area contributed by atoms with Gasteiger partial charge in [0, 0.05) is 17.3 Å². The Hall–Kier alpha value is -3.23. The van der Waals surface area contributed by atoms with Gasteiger partial charge in [-0.05, 0) is 67.4 Å². The molecule has 1 aliphatic carbocycles. The normalized spacial score (nSPS) is 14.6. The van der Waals surface area contributed by atoms with Crippen molar-refractivity contribution in [3.05, 3.63) is 84.2 Å². The second-order valence-electron chi connectivity index (χ2n) is 8.00. The number of hydrogen-bond donors (Lipinski definition) is 2. The quantitative estimate of drug-likeness (QED) is 0.481. The Morgan fingerprint density at radius 2 is 1.55 bits per heavy atom. The molecule has 3 aromatic rings. The van der Waals surface area contributed by atoms with Crippen LogP contribution in [0.1, 0.15) is 42.5 Å². The molecule has 8 heteroatoms. The summed E-state index contributed by atoms with van der Waals surface area (Å²) in [6, 6.07) is 19.2. The standard InChI is InChI=1S/C25H25FN2O4S/c26-23-16-11-18(17-24(23)33(30,31)28-20-7-3-1-4-8-20)25(29)27-19-12-14-22(15-13-19)32-21-9-5-2-6-10-21/h2,5-6,9-17,20,28H,1,3-4,7-8H2,(H,27,29). The molecule has 0 saturated heterocycles. The molecule has 1 aliphatic rings. The zero-order chi connectivity index (χ0) is 23.3. The summed E-state index contributed by atoms with van der Waals surface area (Å²) in [6.07, 6.45) is 4.40. The first-order valence-corrected chi connectivity index (χ1v) is 12.4. The highest BCUT2D eigenvalue weighted by molar-refractivity contribution is 7.89. The minimum Gasteiger partial charge on any atom is -0.457 e. The van der Waals surface area contributed by atoms with Crippen LogP contribution >= 0.6 is 0 Å². The first-order chi connectivity index (χ1) is 15.9. The molecule has 1 amide bonds. The minimum absolute atomic E-state index is 0.0463. The summed E-state index contributed by atoms with van der Waals surface area (Å²) in [6.45, 7) is 0. The number of amides is 1. The van der Waals surface area contributed by atoms with E-state index >= 15 is 0 Å². The summed E-state index contributed by atoms with van der Waals surface area (Å²) in [5.74, 6) is -0.141. The summed E-state index contributed by atoms with van der Waals surface area (Å²) in [4.78, 5) is 12.2. The van der Waals surface area contributed by atoms with Crippen molar-refractivity contribution in [1.29, 1.82) is 0 Å². The number of sulfonamides is 1. The Morgan fingerprint density at radius 1 is 0.879 bits per heavy atom. The highest BCUT2D eigenvalue weighted by Crippen LogP contribution is 2.24. The summed E-state index contributed by atoms with van der Waals surface area (Å²) in [5.41, 5.74) is 0.541. The Labute approximate surface area is 192 Å². The van der Waals surface area contributed by atoms with Crippen molar-refractivity contribution in [3.63, 3.8) is 0 Å². The lowest BCUT2D eigenvalue weighted by Gasteiger charge is -2.22. The number of rotatable bonds is 7. The Bertz CT molecular complexity index is 1210. The third-order valence-electron chi connectivity index (χ3n) is 5.50. The van der Waals surface area contributed by atoms with Crippen LogP contribution in [0.25, 0.3) is 0 Å². The van der Waals surface area contributed by atoms with E-state index < -0.39 is 26.6 Å². The van der Waals surface area contributed by atoms with E-state index in [0.29, 0.717) is 17.2 Å². The molecule has 3 aromatic carbocycles. The van der Waals surface area contributed by atoms with Gasteiger partial charge in [0.15, 0.2) is 0 Å². The van der Waals surface area contributed by atoms with Gasteiger partial charge in [-0.15, -0.1) is 0 Å². The first kappa shape index (κ1) is 22.9. The molecule has 33 heavy (non-hydrogen) atoms. The lowest BCUT2D eigenvalue weighted by atomic mass is 9.96. The highest BCUT2D eigenvalue weighted by atomic mass is 32.2. The molecular weight excluding hydrogens is 443 g/mol. The number of carbonyl (C=O) groups is 1. The Kier molecular flexibility index (Phi) is 7.05. The second-order valence-corrected chi connectivity index (χ2v) is 9.68. The number of anilines is 1. The van der Waals surface area contributed by atoms with E-state index in [2.05, 4.69) is 10.0 Å². The van der Waals surface area contributed by atoms with E-state index in [-0.39, 0.29) is 11.6 Å². The first-order valence-electron chi connectivity index (χ1n) is 10.9. The van der Waals surface area contributed by atoms with Crippen molar-refractivity contribution < 1.29 is 22.3 Å². The molecule has 0 heterocycles. The van der Waals surface area contributed by atoms with Crippen molar-refractivity contribution in [2.75, 3.05) is 5.32 Å². The average Bonchev–Trinajstić information content (AvgIpc) is 2.81. The van der Waals surface area contributed by atoms with Gasteiger partial charge >= 0.3 is 0 Å². The van der Waals surface area contributed by atoms with E-state index in [4.69, 9.17) is 4.74 Å². The molecule has 1 fully saturated rings. The van der Waals surface area contributed by atoms with Gasteiger partial charge in [0.2, 0.25) is 10.0 Å². The third-order valence-corrected chi connectivity index (χ3v) is 7.04. The predicted molar refractivity (Wildman–Crippen MR) is 125 cm³/mol. The molecule has 2 N–H and O–H groups in total. The van der Waals surface area contributed by atoms with E-state index in [1.807, 2.05) is 30.3 Å². The van der Waals surface area contributed by atoms with E-state index in [9.17, 15) is 17.6 Å². The van der Waals surface area contributed by atoms with E-state index in [1.54, 1.807) is 24.3 Å². The fourth-order valence-corrected chi connectivity index (χ4v) is 5.20. The van der Waals surface area contributed by atoms with Crippen molar-refractivity contribution in [2.45, 2.75) is 43.0 Å². The van der Waals surface area contributed by atoms with Crippen LogP contribution in [0.15, 0.2) is 77.7 Å². The maximum absolute atomic E-state index is 14.4. The minimum atomic E-state index is -4.08. The monoisotopic (exact) mass is 468 g/mol. The molecule has 4 rings (SSSR count). The maximum Gasteiger partial charge on any atom is 0.255 e. The summed E-state index contributed by atoms with van der Waals surface area (Å²) in [7, 11) is -4.08. The number of para-hydroxylation sites is 1. The number of halogens is 1. The van der Waals surface area contributed by atoms with Crippen LogP contribution in [0.2, 0.25) is 0 Å². The van der Waals surface area contributed by atoms with Crippen LogP contribution in [-0.2, 0) is 10.0 Å². The van der Waals surface area contributed by atoms with Crippen molar-refractivity contribution in [2.24, 2.45) is 0 Å². The highest BCUT2D eigenvalue weighted by Gasteiger charge is 2.25. The maximum atomic E-state index is 14.4. The van der Waals surface area contributed by atoms with Crippen LogP contribution in [0.3, 0.4) is 0 Å². The molecule has 0 spiro atoms. The Balaban J connectivity index is 1.45. The zero-order valence-electron chi connectivity index (χ0n) is 18.0. The van der Waals surface area contributed by atoms with Crippen LogP contribution in [0, 0.1) is 5.82 Å². The lowest BCUT2D eigenvalue weighted by Crippen LogP contribution is -2.36. The second kappa shape index (κ2) is 10.1. The molecule has 0 aliphatic heterocycles. The summed E-state index contributed by atoms with van der Waals surface area (Å²) in [5, 5.41) is 2.70. The van der Waals surface area contributed by atoms with Gasteiger partial charge in [-0.25, -0.2) is 17.5 Å². The van der Waals surface area contributed by atoms with Gasteiger partial charge < -0.3 is 10.1 Å². The SMILES string of the molecule is O=C(Nc1ccc(Oc2ccccc2)cc1)c1ccc(F)c(S(=O)(=O)NC2CCCCC2)c1. The van der Waals surface area contributed by atoms with Crippen molar-refractivity contribution >= 4 is 21.6 Å². The van der Waals surface area contributed by atoms with Crippen LogP contribution in [-0.4, -0.2) is 20.4 Å². The lowest BCUT2D eigenvalue weighted by molar-refractivity contribution is 0.102. The molecular formula is C25H25FN2O4S. The number of carbonyl (C=O) groups excluding carboxylic acids is 1. The average molecular weight is 469 g/mol. The van der Waals surface area contributed by atoms with E-state index in [1.165, 1.54) is 6.07 Å². The van der Waals surface area contributed by atoms with Crippen molar-refractivity contribution in [1.82, 2.24) is 4.72 Å². The smallest absolute Gasteiger partial charge is 0.255 e. The fourth-order valence-electron chi connectivity index (χ4n) is 3.79. The van der Waals surface area contributed by atoms with Gasteiger partial charge in [-0.1, -0.05) is 37.5 Å². The van der Waals surface area contributed by atoms with Gasteiger partial charge in [0.05, 0.1) is 0 Å². The third kappa shape index (κ3) is 5.97. The molecule has 0 radical (unpaired) electrons. The van der Waals surface area contributed by atoms with Gasteiger partial charge in [-0.3, -0.25) is 4.79 Å². The summed E-state index contributed by atoms with van der Waals surface area (Å²) < 4.78 is 48.2. The predicted octanol–water partition coefficient (Wildman–Crippen LogP) is 5.48. The topological polar surface area (TPSA) is 84.5 Å². The molecule has 0 bridgehead atoms. The van der Waals surface area contributed by atoms with Crippen molar-refractivity contribution in [3.8, 4) is 11.5 Å². The number of nitrogens with one attached hydrogen (secondary N) is 2. The fraction of sp³-hybridized carbons (Fsp3) is 0.240. The van der Waals surface area contributed by atoms with Gasteiger partial charge in [-0.2, -0.15) is 0 Å². The molecule has 0 atom stereocenters. The molecule has 6 nitrogen and oxygen atoms in total. The Morgan fingerprint density at radius 3 is 2.24 bits per heavy atom. The molecule has 0 aromatic heterocycles. The van der Waals surface area contributed by atoms with E-state index in [0.717, 1.165) is 44.2 Å². The van der Waals surface area contributed by atoms with Gasteiger partial charge in [0.25, 0.3) is 5.91 Å². The largest absolute Gasteiger partial charge is 0.457 e. The molecule has 172 valence electrons. The molecule has 1 saturated carbocycles. The van der Waals surface area contributed by atoms with Crippen LogP contribution in [0.4, 0.5) is 10.1 Å². The zero-order valence-corrected chi connectivity index (χ0v) is 18.8.